The maximum Gasteiger partial charge on any atom is 0.233 e. The molecule has 0 saturated heterocycles. The summed E-state index contributed by atoms with van der Waals surface area (Å²) in [7, 11) is -3.37. The average Bonchev–Trinajstić information content (AvgIpc) is 3.52. The van der Waals surface area contributed by atoms with Crippen LogP contribution in [0, 0.1) is 5.92 Å². The van der Waals surface area contributed by atoms with Gasteiger partial charge in [0.1, 0.15) is 12.3 Å². The second-order valence-corrected chi connectivity index (χ2v) is 11.4. The van der Waals surface area contributed by atoms with Gasteiger partial charge in [-0.05, 0) is 55.7 Å². The predicted octanol–water partition coefficient (Wildman–Crippen LogP) is 2.37. The Morgan fingerprint density at radius 3 is 2.38 bits per heavy atom. The number of nitrogens with zero attached hydrogens (tertiary/aromatic N) is 2. The molecule has 34 heavy (non-hydrogen) atoms. The van der Waals surface area contributed by atoms with E-state index in [-0.39, 0.29) is 47.7 Å². The maximum absolute atomic E-state index is 13.8. The Morgan fingerprint density at radius 1 is 1.15 bits per heavy atom. The van der Waals surface area contributed by atoms with E-state index in [4.69, 9.17) is 5.11 Å². The minimum atomic E-state index is -3.37. The highest BCUT2D eigenvalue weighted by molar-refractivity contribution is 7.92. The molecule has 1 unspecified atom stereocenters. The number of aliphatic hydroxyl groups excluding tert-OH is 2. The molecular weight excluding hydrogens is 468 g/mol. The number of alkyl halides is 2. The van der Waals surface area contributed by atoms with E-state index in [0.717, 1.165) is 0 Å². The highest BCUT2D eigenvalue weighted by Gasteiger charge is 2.38. The van der Waals surface area contributed by atoms with E-state index in [0.29, 0.717) is 18.4 Å². The summed E-state index contributed by atoms with van der Waals surface area (Å²) in [5.74, 6) is -1.28. The van der Waals surface area contributed by atoms with Gasteiger partial charge < -0.3 is 15.5 Å². The molecule has 11 heteroatoms. The minimum Gasteiger partial charge on any atom is -0.394 e. The van der Waals surface area contributed by atoms with Crippen molar-refractivity contribution in [1.29, 1.82) is 0 Å². The van der Waals surface area contributed by atoms with Crippen molar-refractivity contribution in [1.82, 2.24) is 9.78 Å². The average molecular weight is 498 g/mol. The highest BCUT2D eigenvalue weighted by Crippen LogP contribution is 2.39. The van der Waals surface area contributed by atoms with Crippen molar-refractivity contribution in [2.24, 2.45) is 5.92 Å². The van der Waals surface area contributed by atoms with Crippen molar-refractivity contribution < 1.29 is 32.2 Å². The van der Waals surface area contributed by atoms with Gasteiger partial charge in [0.2, 0.25) is 5.91 Å². The molecule has 2 fully saturated rings. The van der Waals surface area contributed by atoms with Crippen LogP contribution < -0.4 is 5.32 Å². The smallest absolute Gasteiger partial charge is 0.233 e. The quantitative estimate of drug-likeness (QED) is 0.463. The van der Waals surface area contributed by atoms with Crippen molar-refractivity contribution in [3.05, 3.63) is 42.1 Å². The summed E-state index contributed by atoms with van der Waals surface area (Å²) in [6, 6.07) is 7.68. The molecule has 8 nitrogen and oxygen atoms in total. The second kappa shape index (κ2) is 10.1. The summed E-state index contributed by atoms with van der Waals surface area (Å²) >= 11 is 0. The first-order valence-electron chi connectivity index (χ1n) is 11.4. The number of sulfone groups is 1. The molecule has 0 spiro atoms. The molecule has 0 aliphatic heterocycles. The fourth-order valence-electron chi connectivity index (χ4n) is 4.43. The molecule has 2 aromatic rings. The van der Waals surface area contributed by atoms with E-state index in [1.54, 1.807) is 18.3 Å². The third-order valence-corrected chi connectivity index (χ3v) is 8.75. The zero-order chi connectivity index (χ0) is 24.5. The first-order valence-corrected chi connectivity index (χ1v) is 13.0. The summed E-state index contributed by atoms with van der Waals surface area (Å²) in [4.78, 5) is 13.4. The number of halogens is 2. The van der Waals surface area contributed by atoms with Gasteiger partial charge in [-0.3, -0.25) is 9.48 Å². The van der Waals surface area contributed by atoms with Crippen molar-refractivity contribution in [2.45, 2.75) is 73.2 Å². The highest BCUT2D eigenvalue weighted by atomic mass is 32.2. The fraction of sp³-hybridized carbons (Fsp3) is 0.565. The van der Waals surface area contributed by atoms with Crippen LogP contribution >= 0.6 is 0 Å². The summed E-state index contributed by atoms with van der Waals surface area (Å²) in [5.41, 5.74) is 0.556. The third kappa shape index (κ3) is 5.64. The van der Waals surface area contributed by atoms with E-state index in [1.807, 2.05) is 0 Å². The Bertz CT molecular complexity index is 1090. The Morgan fingerprint density at radius 2 is 1.79 bits per heavy atom. The van der Waals surface area contributed by atoms with Gasteiger partial charge in [-0.1, -0.05) is 12.1 Å². The van der Waals surface area contributed by atoms with Gasteiger partial charge in [-0.25, -0.2) is 17.2 Å². The number of hydrogen-bond acceptors (Lipinski definition) is 6. The van der Waals surface area contributed by atoms with Crippen LogP contribution in [0.3, 0.4) is 0 Å². The molecular formula is C23H29F2N3O5S. The predicted molar refractivity (Wildman–Crippen MR) is 120 cm³/mol. The molecule has 2 aliphatic carbocycles. The van der Waals surface area contributed by atoms with Gasteiger partial charge in [-0.15, -0.1) is 0 Å². The molecule has 0 bridgehead atoms. The van der Waals surface area contributed by atoms with Gasteiger partial charge in [0.15, 0.2) is 15.7 Å². The number of aromatic nitrogens is 2. The van der Waals surface area contributed by atoms with Gasteiger partial charge >= 0.3 is 0 Å². The lowest BCUT2D eigenvalue weighted by Crippen LogP contribution is -2.24. The first-order chi connectivity index (χ1) is 16.2. The number of carbonyl (C=O) groups is 1. The lowest BCUT2D eigenvalue weighted by molar-refractivity contribution is -0.118. The number of amides is 1. The zero-order valence-electron chi connectivity index (χ0n) is 18.6. The van der Waals surface area contributed by atoms with Crippen LogP contribution in [0.15, 0.2) is 41.4 Å². The molecule has 1 amide bonds. The van der Waals surface area contributed by atoms with Crippen LogP contribution in [-0.4, -0.2) is 64.6 Å². The molecule has 1 aromatic heterocycles. The molecule has 4 rings (SSSR count). The van der Waals surface area contributed by atoms with Crippen LogP contribution in [0.4, 0.5) is 14.6 Å². The van der Waals surface area contributed by atoms with Crippen LogP contribution in [0.5, 0.6) is 0 Å². The van der Waals surface area contributed by atoms with E-state index >= 15 is 0 Å². The molecule has 186 valence electrons. The second-order valence-electron chi connectivity index (χ2n) is 9.22. The molecule has 3 N–H and O–H groups in total. The summed E-state index contributed by atoms with van der Waals surface area (Å²) < 4.78 is 53.9. The standard InChI is InChI=1S/C23H29F2N3O5S/c24-20-10-14(11-21(20)25)9-19(15-1-3-17(4-2-15)34(32,33)18-5-6-18)23(31)26-22-7-8-28(27-22)12-16(30)13-29/h1-4,7-8,14,16,18-21,29-30H,5-6,9-13H2,(H,26,27,31)/t14-,16-,19?,20+,21-/m0/s1. The SMILES string of the molecule is O=C(Nc1ccn(C[C@H](O)CO)n1)C(C[C@H]1C[C@@H](F)[C@@H](F)C1)c1ccc(S(=O)(=O)C2CC2)cc1. The summed E-state index contributed by atoms with van der Waals surface area (Å²) in [5, 5.41) is 25.0. The van der Waals surface area contributed by atoms with Crippen LogP contribution in [0.25, 0.3) is 0 Å². The monoisotopic (exact) mass is 497 g/mol. The lowest BCUT2D eigenvalue weighted by atomic mass is 9.87. The number of rotatable bonds is 10. The first kappa shape index (κ1) is 24.7. The third-order valence-electron chi connectivity index (χ3n) is 6.47. The zero-order valence-corrected chi connectivity index (χ0v) is 19.4. The van der Waals surface area contributed by atoms with Gasteiger partial charge in [0.05, 0.1) is 35.3 Å². The van der Waals surface area contributed by atoms with E-state index in [2.05, 4.69) is 10.4 Å². The normalized spacial score (nSPS) is 24.6. The van der Waals surface area contributed by atoms with Crippen LogP contribution in [0.2, 0.25) is 0 Å². The lowest BCUT2D eigenvalue weighted by Gasteiger charge is -2.20. The summed E-state index contributed by atoms with van der Waals surface area (Å²) in [6.45, 7) is -0.382. The fourth-order valence-corrected chi connectivity index (χ4v) is 6.08. The molecule has 1 aromatic carbocycles. The number of hydrogen-bond donors (Lipinski definition) is 3. The Balaban J connectivity index is 1.52. The molecule has 2 aliphatic rings. The van der Waals surface area contributed by atoms with Gasteiger partial charge in [0.25, 0.3) is 0 Å². The number of nitrogens with one attached hydrogen (secondary N) is 1. The minimum absolute atomic E-state index is 0.0345. The number of carbonyl (C=O) groups excluding carboxylic acids is 1. The van der Waals surface area contributed by atoms with Crippen molar-refractivity contribution in [3.63, 3.8) is 0 Å². The molecule has 0 radical (unpaired) electrons. The van der Waals surface area contributed by atoms with Gasteiger partial charge in [-0.2, -0.15) is 5.10 Å². The van der Waals surface area contributed by atoms with Crippen molar-refractivity contribution in [2.75, 3.05) is 11.9 Å². The van der Waals surface area contributed by atoms with E-state index in [9.17, 15) is 27.1 Å². The van der Waals surface area contributed by atoms with E-state index in [1.165, 1.54) is 22.9 Å². The Kier molecular flexibility index (Phi) is 7.34. The number of aliphatic hydroxyl groups is 2. The van der Waals surface area contributed by atoms with E-state index < -0.39 is 46.7 Å². The van der Waals surface area contributed by atoms with Gasteiger partial charge in [0, 0.05) is 12.3 Å². The van der Waals surface area contributed by atoms with Crippen molar-refractivity contribution >= 4 is 21.6 Å². The van der Waals surface area contributed by atoms with Crippen LogP contribution in [-0.2, 0) is 21.2 Å². The Labute approximate surface area is 196 Å². The molecule has 1 heterocycles. The van der Waals surface area contributed by atoms with Crippen molar-refractivity contribution in [3.8, 4) is 0 Å². The number of benzene rings is 1. The van der Waals surface area contributed by atoms with Crippen LogP contribution in [0.1, 0.15) is 43.6 Å². The topological polar surface area (TPSA) is 122 Å². The summed E-state index contributed by atoms with van der Waals surface area (Å²) in [6.07, 6.45) is -0.973. The number of anilines is 1. The molecule has 2 saturated carbocycles. The largest absolute Gasteiger partial charge is 0.394 e. The maximum atomic E-state index is 13.8. The molecule has 5 atom stereocenters. The Hall–Kier alpha value is -2.37.